The number of ether oxygens (including phenoxy) is 1. The van der Waals surface area contributed by atoms with E-state index in [0.717, 1.165) is 5.56 Å². The lowest BCUT2D eigenvalue weighted by atomic mass is 9.94. The third-order valence-corrected chi connectivity index (χ3v) is 5.83. The summed E-state index contributed by atoms with van der Waals surface area (Å²) in [4.78, 5) is 12.2. The summed E-state index contributed by atoms with van der Waals surface area (Å²) in [7, 11) is -4.84. The number of carbonyl (C=O) groups is 1. The van der Waals surface area contributed by atoms with E-state index in [0.29, 0.717) is 6.42 Å². The first-order valence-electron chi connectivity index (χ1n) is 8.21. The van der Waals surface area contributed by atoms with Gasteiger partial charge in [-0.05, 0) is 38.3 Å². The lowest BCUT2D eigenvalue weighted by Gasteiger charge is -2.18. The lowest BCUT2D eigenvalue weighted by Crippen LogP contribution is -2.32. The number of carbonyl (C=O) groups excluding carboxylic acids is 1. The van der Waals surface area contributed by atoms with Crippen LogP contribution in [0.5, 0.6) is 0 Å². The van der Waals surface area contributed by atoms with Gasteiger partial charge in [0.2, 0.25) is 0 Å². The molecule has 3 unspecified atom stereocenters. The molecule has 0 amide bonds. The molecule has 0 fully saturated rings. The van der Waals surface area contributed by atoms with Gasteiger partial charge in [0.1, 0.15) is 12.5 Å². The summed E-state index contributed by atoms with van der Waals surface area (Å²) in [6.45, 7) is 7.29. The van der Waals surface area contributed by atoms with Crippen molar-refractivity contribution in [1.29, 1.82) is 0 Å². The van der Waals surface area contributed by atoms with Crippen molar-refractivity contribution in [1.82, 2.24) is 0 Å². The first-order valence-corrected chi connectivity index (χ1v) is 10.6. The molecule has 1 aromatic rings. The van der Waals surface area contributed by atoms with E-state index in [4.69, 9.17) is 8.92 Å². The molecular weight excluding hydrogens is 363 g/mol. The Balaban J connectivity index is 2.89. The van der Waals surface area contributed by atoms with Crippen LogP contribution >= 0.6 is 8.46 Å². The van der Waals surface area contributed by atoms with E-state index < -0.39 is 36.1 Å². The van der Waals surface area contributed by atoms with Crippen molar-refractivity contribution in [2.75, 3.05) is 13.2 Å². The fraction of sp³-hybridized carbons (Fsp3) is 0.588. The fourth-order valence-corrected chi connectivity index (χ4v) is 3.99. The Kier molecular flexibility index (Phi) is 8.69. The van der Waals surface area contributed by atoms with Crippen molar-refractivity contribution in [2.45, 2.75) is 44.7 Å². The van der Waals surface area contributed by atoms with Crippen molar-refractivity contribution in [3.05, 3.63) is 29.8 Å². The maximum Gasteiger partial charge on any atom is 0.331 e. The van der Waals surface area contributed by atoms with Crippen LogP contribution in [0.1, 0.15) is 32.8 Å². The SMILES string of the molecule is CCOC(=O)C(CC(C)C)C(COS(=O)(=O)c1ccc(C)cc1)[PH+]=O. The molecule has 0 N–H and O–H groups in total. The van der Waals surface area contributed by atoms with Crippen LogP contribution in [0.4, 0.5) is 0 Å². The van der Waals surface area contributed by atoms with Gasteiger partial charge in [0.15, 0.2) is 5.66 Å². The second-order valence-corrected chi connectivity index (χ2v) is 8.86. The first kappa shape index (κ1) is 21.7. The Morgan fingerprint density at radius 2 is 1.80 bits per heavy atom. The van der Waals surface area contributed by atoms with Crippen LogP contribution in [0.2, 0.25) is 0 Å². The third-order valence-electron chi connectivity index (χ3n) is 3.66. The molecule has 25 heavy (non-hydrogen) atoms. The zero-order valence-electron chi connectivity index (χ0n) is 15.0. The molecule has 0 radical (unpaired) electrons. The van der Waals surface area contributed by atoms with Crippen LogP contribution in [-0.2, 0) is 28.4 Å². The fourth-order valence-electron chi connectivity index (χ4n) is 2.35. The first-order chi connectivity index (χ1) is 11.7. The molecule has 0 aliphatic rings. The summed E-state index contributed by atoms with van der Waals surface area (Å²) in [6, 6.07) is 6.25. The summed E-state index contributed by atoms with van der Waals surface area (Å²) in [5.74, 6) is -0.966. The topological polar surface area (TPSA) is 86.7 Å². The van der Waals surface area contributed by atoms with Crippen molar-refractivity contribution in [2.24, 2.45) is 11.8 Å². The summed E-state index contributed by atoms with van der Waals surface area (Å²) in [6.07, 6.45) is 0.451. The zero-order valence-corrected chi connectivity index (χ0v) is 16.8. The van der Waals surface area contributed by atoms with Gasteiger partial charge in [0.05, 0.1) is 11.5 Å². The Bertz CT molecular complexity index is 669. The van der Waals surface area contributed by atoms with E-state index in [1.54, 1.807) is 19.1 Å². The van der Waals surface area contributed by atoms with Crippen LogP contribution in [0.3, 0.4) is 0 Å². The van der Waals surface area contributed by atoms with Gasteiger partial charge in [-0.2, -0.15) is 8.42 Å². The quantitative estimate of drug-likeness (QED) is 0.347. The molecule has 0 aromatic heterocycles. The lowest BCUT2D eigenvalue weighted by molar-refractivity contribution is -0.148. The Morgan fingerprint density at radius 1 is 1.20 bits per heavy atom. The van der Waals surface area contributed by atoms with Crippen LogP contribution < -0.4 is 0 Å². The van der Waals surface area contributed by atoms with Crippen LogP contribution in [0.25, 0.3) is 0 Å². The van der Waals surface area contributed by atoms with Gasteiger partial charge in [0.25, 0.3) is 10.1 Å². The van der Waals surface area contributed by atoms with Gasteiger partial charge in [-0.1, -0.05) is 36.1 Å². The summed E-state index contributed by atoms with van der Waals surface area (Å²) >= 11 is 0. The molecule has 0 heterocycles. The monoisotopic (exact) mass is 389 g/mol. The van der Waals surface area contributed by atoms with Crippen LogP contribution in [0, 0.1) is 18.8 Å². The average molecular weight is 389 g/mol. The van der Waals surface area contributed by atoms with E-state index in [2.05, 4.69) is 0 Å². The number of benzene rings is 1. The molecule has 0 spiro atoms. The number of rotatable bonds is 10. The number of hydrogen-bond donors (Lipinski definition) is 0. The van der Waals surface area contributed by atoms with Crippen LogP contribution in [-0.4, -0.2) is 33.3 Å². The highest BCUT2D eigenvalue weighted by Crippen LogP contribution is 2.27. The van der Waals surface area contributed by atoms with E-state index in [1.165, 1.54) is 12.1 Å². The molecule has 1 rings (SSSR count). The maximum absolute atomic E-state index is 12.3. The minimum Gasteiger partial charge on any atom is -0.466 e. The molecule has 6 nitrogen and oxygen atoms in total. The number of aryl methyl sites for hydroxylation is 1. The van der Waals surface area contributed by atoms with Crippen molar-refractivity contribution in [3.63, 3.8) is 0 Å². The number of esters is 1. The van der Waals surface area contributed by atoms with Crippen molar-refractivity contribution < 1.29 is 26.7 Å². The molecule has 0 aliphatic heterocycles. The standard InChI is InChI=1S/C17H25O6PS/c1-5-22-17(18)15(10-12(2)3)16(24-19)11-23-25(20,21)14-8-6-13(4)7-9-14/h6-9,12,15-16H,5,10-11H2,1-4H3/p+1. The summed E-state index contributed by atoms with van der Waals surface area (Å²) < 4.78 is 46.2. The molecule has 1 aromatic carbocycles. The summed E-state index contributed by atoms with van der Waals surface area (Å²) in [5, 5.41) is 0. The molecule has 8 heteroatoms. The Hall–Kier alpha value is -1.30. The van der Waals surface area contributed by atoms with Gasteiger partial charge in [-0.25, -0.2) is 0 Å². The second kappa shape index (κ2) is 10.00. The molecule has 0 saturated carbocycles. The Morgan fingerprint density at radius 3 is 2.28 bits per heavy atom. The van der Waals surface area contributed by atoms with Crippen molar-refractivity contribution >= 4 is 24.5 Å². The summed E-state index contributed by atoms with van der Waals surface area (Å²) in [5.41, 5.74) is 0.193. The van der Waals surface area contributed by atoms with Crippen LogP contribution in [0.15, 0.2) is 29.2 Å². The second-order valence-electron chi connectivity index (χ2n) is 6.26. The maximum atomic E-state index is 12.3. The minimum absolute atomic E-state index is 0.0302. The van der Waals surface area contributed by atoms with E-state index in [-0.39, 0.29) is 24.0 Å². The molecule has 0 saturated heterocycles. The largest absolute Gasteiger partial charge is 0.466 e. The molecule has 0 bridgehead atoms. The third kappa shape index (κ3) is 6.84. The highest BCUT2D eigenvalue weighted by Gasteiger charge is 2.37. The predicted molar refractivity (Wildman–Crippen MR) is 96.7 cm³/mol. The zero-order chi connectivity index (χ0) is 19.0. The smallest absolute Gasteiger partial charge is 0.331 e. The highest BCUT2D eigenvalue weighted by atomic mass is 32.2. The molecule has 3 atom stereocenters. The molecule has 140 valence electrons. The van der Waals surface area contributed by atoms with Gasteiger partial charge in [-0.3, -0.25) is 8.98 Å². The van der Waals surface area contributed by atoms with Crippen molar-refractivity contribution in [3.8, 4) is 0 Å². The average Bonchev–Trinajstić information content (AvgIpc) is 2.54. The molecule has 0 aliphatic carbocycles. The highest BCUT2D eigenvalue weighted by molar-refractivity contribution is 7.86. The van der Waals surface area contributed by atoms with Gasteiger partial charge in [-0.15, -0.1) is 0 Å². The molecular formula is C17H26O6PS+. The van der Waals surface area contributed by atoms with Gasteiger partial charge in [0, 0.05) is 0 Å². The van der Waals surface area contributed by atoms with E-state index in [9.17, 15) is 17.8 Å². The van der Waals surface area contributed by atoms with E-state index >= 15 is 0 Å². The Labute approximate surface area is 151 Å². The minimum atomic E-state index is -3.97. The predicted octanol–water partition coefficient (Wildman–Crippen LogP) is 3.32. The van der Waals surface area contributed by atoms with Gasteiger partial charge < -0.3 is 4.74 Å². The van der Waals surface area contributed by atoms with E-state index in [1.807, 2.05) is 20.8 Å². The normalized spacial score (nSPS) is 14.4. The number of hydrogen-bond acceptors (Lipinski definition) is 6. The van der Waals surface area contributed by atoms with Gasteiger partial charge >= 0.3 is 14.4 Å².